The Morgan fingerprint density at radius 2 is 2.06 bits per heavy atom. The van der Waals surface area contributed by atoms with Gasteiger partial charge in [-0.05, 0) is 75.3 Å². The topological polar surface area (TPSA) is 21.3 Å². The van der Waals surface area contributed by atoms with Crippen LogP contribution >= 0.6 is 0 Å². The standard InChI is InChI=1S/C16H25NO/c1-11-10-12(2)15(16(18-4)13(11)3)8-7-14-6-5-9-17-14/h10,14,17H,5-9H2,1-4H3. The second-order valence-corrected chi connectivity index (χ2v) is 5.48. The maximum atomic E-state index is 5.63. The lowest BCUT2D eigenvalue weighted by molar-refractivity contribution is 0.403. The Balaban J connectivity index is 2.17. The lowest BCUT2D eigenvalue weighted by atomic mass is 9.94. The highest BCUT2D eigenvalue weighted by atomic mass is 16.5. The molecule has 1 N–H and O–H groups in total. The number of methoxy groups -OCH3 is 1. The highest BCUT2D eigenvalue weighted by Crippen LogP contribution is 2.31. The van der Waals surface area contributed by atoms with Crippen LogP contribution in [-0.4, -0.2) is 19.7 Å². The Kier molecular flexibility index (Phi) is 4.28. The average Bonchev–Trinajstić information content (AvgIpc) is 2.85. The zero-order chi connectivity index (χ0) is 13.1. The summed E-state index contributed by atoms with van der Waals surface area (Å²) < 4.78 is 5.63. The van der Waals surface area contributed by atoms with E-state index >= 15 is 0 Å². The molecule has 0 radical (unpaired) electrons. The molecular formula is C16H25NO. The smallest absolute Gasteiger partial charge is 0.125 e. The number of hydrogen-bond donors (Lipinski definition) is 1. The van der Waals surface area contributed by atoms with E-state index < -0.39 is 0 Å². The van der Waals surface area contributed by atoms with Crippen molar-refractivity contribution >= 4 is 0 Å². The van der Waals surface area contributed by atoms with Crippen molar-refractivity contribution in [2.24, 2.45) is 0 Å². The van der Waals surface area contributed by atoms with Crippen LogP contribution in [0.4, 0.5) is 0 Å². The second kappa shape index (κ2) is 5.75. The van der Waals surface area contributed by atoms with E-state index in [9.17, 15) is 0 Å². The molecule has 1 saturated heterocycles. The van der Waals surface area contributed by atoms with Crippen molar-refractivity contribution in [2.45, 2.75) is 52.5 Å². The predicted octanol–water partition coefficient (Wildman–Crippen LogP) is 3.31. The third-order valence-corrected chi connectivity index (χ3v) is 4.22. The lowest BCUT2D eigenvalue weighted by Gasteiger charge is -2.18. The molecule has 1 atom stereocenters. The van der Waals surface area contributed by atoms with Gasteiger partial charge in [0.2, 0.25) is 0 Å². The molecule has 0 bridgehead atoms. The Labute approximate surface area is 111 Å². The van der Waals surface area contributed by atoms with E-state index in [1.54, 1.807) is 7.11 Å². The number of hydrogen-bond acceptors (Lipinski definition) is 2. The summed E-state index contributed by atoms with van der Waals surface area (Å²) in [4.78, 5) is 0. The largest absolute Gasteiger partial charge is 0.496 e. The molecule has 2 heteroatoms. The first-order valence-corrected chi connectivity index (χ1v) is 7.00. The number of benzene rings is 1. The monoisotopic (exact) mass is 247 g/mol. The van der Waals surface area contributed by atoms with Gasteiger partial charge in [-0.1, -0.05) is 6.07 Å². The molecule has 100 valence electrons. The van der Waals surface area contributed by atoms with Crippen molar-refractivity contribution in [2.75, 3.05) is 13.7 Å². The highest BCUT2D eigenvalue weighted by Gasteiger charge is 2.17. The van der Waals surface area contributed by atoms with Crippen LogP contribution in [0.15, 0.2) is 6.07 Å². The van der Waals surface area contributed by atoms with Crippen molar-refractivity contribution in [3.05, 3.63) is 28.3 Å². The lowest BCUT2D eigenvalue weighted by Crippen LogP contribution is -2.22. The molecular weight excluding hydrogens is 222 g/mol. The summed E-state index contributed by atoms with van der Waals surface area (Å²) >= 11 is 0. The van der Waals surface area contributed by atoms with Gasteiger partial charge in [0.25, 0.3) is 0 Å². The number of aryl methyl sites for hydroxylation is 2. The molecule has 0 amide bonds. The van der Waals surface area contributed by atoms with E-state index in [0.29, 0.717) is 6.04 Å². The molecule has 0 aliphatic carbocycles. The van der Waals surface area contributed by atoms with Crippen LogP contribution in [0.3, 0.4) is 0 Å². The fourth-order valence-electron chi connectivity index (χ4n) is 3.01. The van der Waals surface area contributed by atoms with Gasteiger partial charge in [0.15, 0.2) is 0 Å². The molecule has 0 aromatic heterocycles. The molecule has 0 spiro atoms. The van der Waals surface area contributed by atoms with Gasteiger partial charge in [-0.15, -0.1) is 0 Å². The Morgan fingerprint density at radius 1 is 1.28 bits per heavy atom. The Hall–Kier alpha value is -1.02. The summed E-state index contributed by atoms with van der Waals surface area (Å²) in [6.07, 6.45) is 4.99. The number of rotatable bonds is 4. The van der Waals surface area contributed by atoms with Crippen LogP contribution in [0, 0.1) is 20.8 Å². The van der Waals surface area contributed by atoms with Crippen molar-refractivity contribution < 1.29 is 4.74 Å². The van der Waals surface area contributed by atoms with Gasteiger partial charge in [-0.2, -0.15) is 0 Å². The SMILES string of the molecule is COc1c(C)c(C)cc(C)c1CCC1CCCN1. The van der Waals surface area contributed by atoms with Crippen LogP contribution in [0.1, 0.15) is 41.5 Å². The molecule has 1 aromatic rings. The minimum Gasteiger partial charge on any atom is -0.496 e. The zero-order valence-electron chi connectivity index (χ0n) is 12.1. The van der Waals surface area contributed by atoms with Gasteiger partial charge < -0.3 is 10.1 Å². The van der Waals surface area contributed by atoms with E-state index in [2.05, 4.69) is 32.2 Å². The van der Waals surface area contributed by atoms with Crippen molar-refractivity contribution in [1.29, 1.82) is 0 Å². The van der Waals surface area contributed by atoms with Gasteiger partial charge in [0.05, 0.1) is 7.11 Å². The van der Waals surface area contributed by atoms with Gasteiger partial charge in [0, 0.05) is 6.04 Å². The third-order valence-electron chi connectivity index (χ3n) is 4.22. The van der Waals surface area contributed by atoms with Crippen molar-refractivity contribution in [3.8, 4) is 5.75 Å². The minimum absolute atomic E-state index is 0.704. The summed E-state index contributed by atoms with van der Waals surface area (Å²) in [6, 6.07) is 2.99. The molecule has 1 aliphatic rings. The van der Waals surface area contributed by atoms with E-state index in [4.69, 9.17) is 4.74 Å². The molecule has 18 heavy (non-hydrogen) atoms. The maximum absolute atomic E-state index is 5.63. The molecule has 2 nitrogen and oxygen atoms in total. The molecule has 0 saturated carbocycles. The molecule has 1 aromatic carbocycles. The predicted molar refractivity (Wildman–Crippen MR) is 76.6 cm³/mol. The van der Waals surface area contributed by atoms with Gasteiger partial charge in [0.1, 0.15) is 5.75 Å². The highest BCUT2D eigenvalue weighted by molar-refractivity contribution is 5.49. The summed E-state index contributed by atoms with van der Waals surface area (Å²) in [5.41, 5.74) is 5.38. The van der Waals surface area contributed by atoms with Gasteiger partial charge in [-0.25, -0.2) is 0 Å². The average molecular weight is 247 g/mol. The maximum Gasteiger partial charge on any atom is 0.125 e. The van der Waals surface area contributed by atoms with Crippen LogP contribution in [0.25, 0.3) is 0 Å². The van der Waals surface area contributed by atoms with Crippen molar-refractivity contribution in [1.82, 2.24) is 5.32 Å². The Bertz CT molecular complexity index is 420. The van der Waals surface area contributed by atoms with E-state index in [1.165, 1.54) is 48.1 Å². The first kappa shape index (κ1) is 13.4. The van der Waals surface area contributed by atoms with Gasteiger partial charge >= 0.3 is 0 Å². The molecule has 1 heterocycles. The van der Waals surface area contributed by atoms with E-state index in [-0.39, 0.29) is 0 Å². The first-order chi connectivity index (χ1) is 8.63. The summed E-state index contributed by atoms with van der Waals surface area (Å²) in [5, 5.41) is 3.57. The second-order valence-electron chi connectivity index (χ2n) is 5.48. The van der Waals surface area contributed by atoms with Crippen LogP contribution in [0.5, 0.6) is 5.75 Å². The molecule has 1 fully saturated rings. The summed E-state index contributed by atoms with van der Waals surface area (Å²) in [7, 11) is 1.79. The van der Waals surface area contributed by atoms with Gasteiger partial charge in [-0.3, -0.25) is 0 Å². The quantitative estimate of drug-likeness (QED) is 0.881. The third kappa shape index (κ3) is 2.69. The number of nitrogens with one attached hydrogen (secondary N) is 1. The normalized spacial score (nSPS) is 19.2. The van der Waals surface area contributed by atoms with Crippen LogP contribution in [-0.2, 0) is 6.42 Å². The first-order valence-electron chi connectivity index (χ1n) is 7.00. The molecule has 1 unspecified atom stereocenters. The zero-order valence-corrected chi connectivity index (χ0v) is 12.1. The van der Waals surface area contributed by atoms with E-state index in [1.807, 2.05) is 0 Å². The Morgan fingerprint density at radius 3 is 2.67 bits per heavy atom. The molecule has 1 aliphatic heterocycles. The fourth-order valence-corrected chi connectivity index (χ4v) is 3.01. The van der Waals surface area contributed by atoms with Crippen LogP contribution in [0.2, 0.25) is 0 Å². The van der Waals surface area contributed by atoms with E-state index in [0.717, 1.165) is 12.2 Å². The minimum atomic E-state index is 0.704. The summed E-state index contributed by atoms with van der Waals surface area (Å²) in [6.45, 7) is 7.71. The summed E-state index contributed by atoms with van der Waals surface area (Å²) in [5.74, 6) is 1.10. The van der Waals surface area contributed by atoms with Crippen molar-refractivity contribution in [3.63, 3.8) is 0 Å². The fraction of sp³-hybridized carbons (Fsp3) is 0.625. The molecule has 2 rings (SSSR count). The van der Waals surface area contributed by atoms with Crippen LogP contribution < -0.4 is 10.1 Å². The number of ether oxygens (including phenoxy) is 1.